The van der Waals surface area contributed by atoms with Crippen LogP contribution >= 0.6 is 0 Å². The number of hydrogen-bond donors (Lipinski definition) is 0. The Bertz CT molecular complexity index is 103. The summed E-state index contributed by atoms with van der Waals surface area (Å²) in [5, 5.41) is 0. The zero-order valence-corrected chi connectivity index (χ0v) is 6.18. The van der Waals surface area contributed by atoms with Crippen LogP contribution in [0.5, 0.6) is 0 Å². The second-order valence-electron chi connectivity index (χ2n) is 2.08. The molecule has 0 aliphatic carbocycles. The van der Waals surface area contributed by atoms with E-state index in [4.69, 9.17) is 0 Å². The first-order valence-electron chi connectivity index (χ1n) is 3.45. The molecule has 0 amide bonds. The molecule has 0 N–H and O–H groups in total. The molecular formula is C8H14O. The molecular weight excluding hydrogens is 112 g/mol. The fourth-order valence-corrected chi connectivity index (χ4v) is 0.652. The fraction of sp³-hybridized carbons (Fsp3) is 0.625. The van der Waals surface area contributed by atoms with Gasteiger partial charge in [-0.3, -0.25) is 4.79 Å². The Kier molecular flexibility index (Phi) is 5.18. The van der Waals surface area contributed by atoms with Crippen molar-refractivity contribution in [3.63, 3.8) is 0 Å². The highest BCUT2D eigenvalue weighted by atomic mass is 16.1. The van der Waals surface area contributed by atoms with Gasteiger partial charge in [0.05, 0.1) is 0 Å². The summed E-state index contributed by atoms with van der Waals surface area (Å²) in [7, 11) is 0. The maximum absolute atomic E-state index is 10.2. The Morgan fingerprint density at radius 3 is 2.56 bits per heavy atom. The largest absolute Gasteiger partial charge is 0.298 e. The zero-order chi connectivity index (χ0) is 7.11. The lowest BCUT2D eigenvalue weighted by Crippen LogP contribution is -1.82. The number of carbonyl (C=O) groups excluding carboxylic acids is 1. The first kappa shape index (κ1) is 8.41. The van der Waals surface area contributed by atoms with Crippen molar-refractivity contribution in [1.29, 1.82) is 0 Å². The Morgan fingerprint density at radius 1 is 1.56 bits per heavy atom. The summed E-state index contributed by atoms with van der Waals surface area (Å²) >= 11 is 0. The Balaban J connectivity index is 3.45. The van der Waals surface area contributed by atoms with E-state index in [0.717, 1.165) is 31.1 Å². The monoisotopic (exact) mass is 126 g/mol. The average Bonchev–Trinajstić information content (AvgIpc) is 1.91. The number of allylic oxidation sites excluding steroid dienone is 2. The van der Waals surface area contributed by atoms with Crippen LogP contribution < -0.4 is 0 Å². The van der Waals surface area contributed by atoms with Gasteiger partial charge in [-0.05, 0) is 25.3 Å². The van der Waals surface area contributed by atoms with Crippen LogP contribution in [-0.4, -0.2) is 6.29 Å². The van der Waals surface area contributed by atoms with E-state index in [0.29, 0.717) is 0 Å². The summed E-state index contributed by atoms with van der Waals surface area (Å²) in [5.41, 5.74) is 0.928. The molecule has 0 fully saturated rings. The molecule has 0 rings (SSSR count). The maximum atomic E-state index is 10.2. The minimum Gasteiger partial charge on any atom is -0.298 e. The minimum atomic E-state index is 0.928. The van der Waals surface area contributed by atoms with Gasteiger partial charge in [0.2, 0.25) is 0 Å². The van der Waals surface area contributed by atoms with Crippen LogP contribution in [0.1, 0.15) is 33.1 Å². The van der Waals surface area contributed by atoms with Crippen LogP contribution in [-0.2, 0) is 4.79 Å². The quantitative estimate of drug-likeness (QED) is 0.417. The second kappa shape index (κ2) is 5.54. The topological polar surface area (TPSA) is 17.1 Å². The highest BCUT2D eigenvalue weighted by molar-refractivity contribution is 5.72. The van der Waals surface area contributed by atoms with Crippen LogP contribution in [0, 0.1) is 0 Å². The van der Waals surface area contributed by atoms with E-state index in [1.807, 2.05) is 13.0 Å². The first-order chi connectivity index (χ1) is 4.35. The van der Waals surface area contributed by atoms with Crippen LogP contribution in [0.3, 0.4) is 0 Å². The summed E-state index contributed by atoms with van der Waals surface area (Å²) in [6.07, 6.45) is 6.04. The molecule has 0 atom stereocenters. The third kappa shape index (κ3) is 3.95. The van der Waals surface area contributed by atoms with E-state index in [9.17, 15) is 4.79 Å². The highest BCUT2D eigenvalue weighted by Crippen LogP contribution is 2.02. The van der Waals surface area contributed by atoms with Gasteiger partial charge >= 0.3 is 0 Å². The predicted molar refractivity (Wildman–Crippen MR) is 39.3 cm³/mol. The average molecular weight is 126 g/mol. The van der Waals surface area contributed by atoms with Gasteiger partial charge in [-0.15, -0.1) is 0 Å². The molecule has 0 unspecified atom stereocenters. The van der Waals surface area contributed by atoms with Gasteiger partial charge in [0.1, 0.15) is 6.29 Å². The van der Waals surface area contributed by atoms with Gasteiger partial charge in [0.15, 0.2) is 0 Å². The van der Waals surface area contributed by atoms with Crippen LogP contribution in [0.4, 0.5) is 0 Å². The van der Waals surface area contributed by atoms with Crippen molar-refractivity contribution in [2.24, 2.45) is 0 Å². The summed E-state index contributed by atoms with van der Waals surface area (Å²) < 4.78 is 0. The Labute approximate surface area is 56.8 Å². The molecule has 0 aromatic carbocycles. The van der Waals surface area contributed by atoms with E-state index in [1.165, 1.54) is 0 Å². The molecule has 52 valence electrons. The van der Waals surface area contributed by atoms with E-state index in [1.54, 1.807) is 0 Å². The van der Waals surface area contributed by atoms with E-state index in [-0.39, 0.29) is 0 Å². The third-order valence-corrected chi connectivity index (χ3v) is 1.34. The summed E-state index contributed by atoms with van der Waals surface area (Å²) in [5.74, 6) is 0. The predicted octanol–water partition coefficient (Wildman–Crippen LogP) is 2.32. The lowest BCUT2D eigenvalue weighted by Gasteiger charge is -1.93. The molecule has 0 spiro atoms. The number of carbonyl (C=O) groups is 1. The number of hydrogen-bond acceptors (Lipinski definition) is 1. The van der Waals surface area contributed by atoms with Gasteiger partial charge in [-0.25, -0.2) is 0 Å². The number of rotatable bonds is 4. The minimum absolute atomic E-state index is 0.928. The molecule has 0 saturated heterocycles. The molecule has 1 heteroatoms. The van der Waals surface area contributed by atoms with Crippen LogP contribution in [0.25, 0.3) is 0 Å². The van der Waals surface area contributed by atoms with Crippen molar-refractivity contribution in [3.8, 4) is 0 Å². The second-order valence-corrected chi connectivity index (χ2v) is 2.08. The summed E-state index contributed by atoms with van der Waals surface area (Å²) in [4.78, 5) is 10.2. The number of aldehydes is 1. The van der Waals surface area contributed by atoms with Crippen molar-refractivity contribution in [3.05, 3.63) is 11.6 Å². The highest BCUT2D eigenvalue weighted by Gasteiger charge is 1.89. The SMILES string of the molecule is C/C=C(\C=O)CCCC. The third-order valence-electron chi connectivity index (χ3n) is 1.34. The molecule has 0 radical (unpaired) electrons. The van der Waals surface area contributed by atoms with Crippen molar-refractivity contribution >= 4 is 6.29 Å². The molecule has 0 bridgehead atoms. The molecule has 1 nitrogen and oxygen atoms in total. The fourth-order valence-electron chi connectivity index (χ4n) is 0.652. The van der Waals surface area contributed by atoms with Crippen LogP contribution in [0.2, 0.25) is 0 Å². The molecule has 9 heavy (non-hydrogen) atoms. The first-order valence-corrected chi connectivity index (χ1v) is 3.45. The maximum Gasteiger partial charge on any atom is 0.145 e. The van der Waals surface area contributed by atoms with E-state index < -0.39 is 0 Å². The Morgan fingerprint density at radius 2 is 2.22 bits per heavy atom. The van der Waals surface area contributed by atoms with Gasteiger partial charge in [0, 0.05) is 0 Å². The number of unbranched alkanes of at least 4 members (excludes halogenated alkanes) is 1. The summed E-state index contributed by atoms with van der Waals surface area (Å²) in [6.45, 7) is 4.03. The smallest absolute Gasteiger partial charge is 0.145 e. The molecule has 0 heterocycles. The van der Waals surface area contributed by atoms with Crippen molar-refractivity contribution in [2.75, 3.05) is 0 Å². The van der Waals surface area contributed by atoms with Crippen molar-refractivity contribution in [1.82, 2.24) is 0 Å². The van der Waals surface area contributed by atoms with E-state index in [2.05, 4.69) is 6.92 Å². The molecule has 0 aromatic heterocycles. The molecule has 0 aliphatic rings. The molecule has 0 saturated carbocycles. The standard InChI is InChI=1S/C8H14O/c1-3-5-6-8(4-2)7-9/h4,7H,3,5-6H2,1-2H3/b8-4-. The van der Waals surface area contributed by atoms with Gasteiger partial charge < -0.3 is 0 Å². The van der Waals surface area contributed by atoms with E-state index >= 15 is 0 Å². The zero-order valence-electron chi connectivity index (χ0n) is 6.18. The normalized spacial score (nSPS) is 11.6. The lowest BCUT2D eigenvalue weighted by molar-refractivity contribution is -0.105. The van der Waals surface area contributed by atoms with Gasteiger partial charge in [-0.2, -0.15) is 0 Å². The van der Waals surface area contributed by atoms with Crippen molar-refractivity contribution in [2.45, 2.75) is 33.1 Å². The molecule has 0 aliphatic heterocycles. The molecule has 0 aromatic rings. The van der Waals surface area contributed by atoms with Gasteiger partial charge in [0.25, 0.3) is 0 Å². The van der Waals surface area contributed by atoms with Crippen LogP contribution in [0.15, 0.2) is 11.6 Å². The lowest BCUT2D eigenvalue weighted by atomic mass is 10.1. The van der Waals surface area contributed by atoms with Crippen molar-refractivity contribution < 1.29 is 4.79 Å². The Hall–Kier alpha value is -0.590. The summed E-state index contributed by atoms with van der Waals surface area (Å²) in [6, 6.07) is 0. The van der Waals surface area contributed by atoms with Gasteiger partial charge in [-0.1, -0.05) is 19.4 Å².